The number of dihydropyridines is 1. The summed E-state index contributed by atoms with van der Waals surface area (Å²) in [6, 6.07) is 11.3. The van der Waals surface area contributed by atoms with Gasteiger partial charge in [0.15, 0.2) is 17.3 Å². The van der Waals surface area contributed by atoms with Crippen LogP contribution >= 0.6 is 15.9 Å². The smallest absolute Gasteiger partial charge is 0.336 e. The van der Waals surface area contributed by atoms with Crippen molar-refractivity contribution in [3.63, 3.8) is 0 Å². The first kappa shape index (κ1) is 29.7. The standard InChI is InChI=1S/C31H36BrNO7/c1-17(2)39-11-12-40-31(35)28-18(3)33-23-13-20(19-7-9-26(37-5)27(15-19)38-6)14-24(34)30(23)29(28)22-16-21(32)8-10-25(22)36-4/h7-10,15-17,20,29,33H,11-14H2,1-6H3/t20-,29+/m1/s1. The van der Waals surface area contributed by atoms with Crippen molar-refractivity contribution >= 4 is 27.7 Å². The molecule has 1 aliphatic heterocycles. The Bertz CT molecular complexity index is 1350. The number of benzene rings is 2. The maximum atomic E-state index is 14.0. The third-order valence-electron chi connectivity index (χ3n) is 7.20. The van der Waals surface area contributed by atoms with E-state index in [2.05, 4.69) is 21.2 Å². The van der Waals surface area contributed by atoms with Gasteiger partial charge in [-0.2, -0.15) is 0 Å². The predicted molar refractivity (Wildman–Crippen MR) is 155 cm³/mol. The van der Waals surface area contributed by atoms with Gasteiger partial charge < -0.3 is 29.0 Å². The molecule has 2 aromatic carbocycles. The summed E-state index contributed by atoms with van der Waals surface area (Å²) in [7, 11) is 4.77. The molecule has 2 aromatic rings. The van der Waals surface area contributed by atoms with Gasteiger partial charge in [-0.3, -0.25) is 4.79 Å². The Hall–Kier alpha value is -3.30. The Morgan fingerprint density at radius 2 is 1.68 bits per heavy atom. The van der Waals surface area contributed by atoms with Crippen LogP contribution in [0.4, 0.5) is 0 Å². The van der Waals surface area contributed by atoms with Gasteiger partial charge in [0, 0.05) is 33.4 Å². The van der Waals surface area contributed by atoms with Crippen LogP contribution in [-0.2, 0) is 19.1 Å². The van der Waals surface area contributed by atoms with E-state index in [-0.39, 0.29) is 37.4 Å². The SMILES string of the molecule is COc1ccc([C@H]2CC(=O)C3=C(C2)NC(C)=C(C(=O)OCCOC(C)C)[C@@H]3c2cc(Br)ccc2OC)cc1OC. The van der Waals surface area contributed by atoms with Gasteiger partial charge in [0.1, 0.15) is 12.4 Å². The molecular weight excluding hydrogens is 578 g/mol. The van der Waals surface area contributed by atoms with Crippen molar-refractivity contribution in [2.75, 3.05) is 34.5 Å². The van der Waals surface area contributed by atoms with Crippen molar-refractivity contribution in [1.82, 2.24) is 5.32 Å². The predicted octanol–water partition coefficient (Wildman–Crippen LogP) is 5.80. The lowest BCUT2D eigenvalue weighted by Crippen LogP contribution is -2.36. The van der Waals surface area contributed by atoms with Crippen LogP contribution in [0, 0.1) is 0 Å². The average molecular weight is 615 g/mol. The van der Waals surface area contributed by atoms with Gasteiger partial charge >= 0.3 is 5.97 Å². The quantitative estimate of drug-likeness (QED) is 0.265. The molecule has 0 amide bonds. The molecule has 1 aliphatic carbocycles. The molecule has 0 saturated carbocycles. The van der Waals surface area contributed by atoms with Crippen molar-refractivity contribution in [3.05, 3.63) is 74.5 Å². The van der Waals surface area contributed by atoms with Crippen LogP contribution in [0.25, 0.3) is 0 Å². The van der Waals surface area contributed by atoms with Crippen molar-refractivity contribution in [3.8, 4) is 17.2 Å². The Kier molecular flexibility index (Phi) is 9.58. The zero-order chi connectivity index (χ0) is 29.0. The fraction of sp³-hybridized carbons (Fsp3) is 0.419. The number of halogens is 1. The highest BCUT2D eigenvalue weighted by Gasteiger charge is 2.42. The number of ether oxygens (including phenoxy) is 5. The Morgan fingerprint density at radius 1 is 0.975 bits per heavy atom. The number of carbonyl (C=O) groups is 2. The van der Waals surface area contributed by atoms with Crippen LogP contribution in [-0.4, -0.2) is 52.4 Å². The highest BCUT2D eigenvalue weighted by molar-refractivity contribution is 9.10. The molecule has 2 atom stereocenters. The summed E-state index contributed by atoms with van der Waals surface area (Å²) >= 11 is 3.55. The number of esters is 1. The third-order valence-corrected chi connectivity index (χ3v) is 7.69. The molecular formula is C31H36BrNO7. The van der Waals surface area contributed by atoms with E-state index in [0.717, 1.165) is 15.7 Å². The molecule has 2 aliphatic rings. The molecule has 40 heavy (non-hydrogen) atoms. The van der Waals surface area contributed by atoms with E-state index in [1.54, 1.807) is 21.3 Å². The molecule has 0 radical (unpaired) electrons. The highest BCUT2D eigenvalue weighted by atomic mass is 79.9. The van der Waals surface area contributed by atoms with E-state index in [4.69, 9.17) is 23.7 Å². The van der Waals surface area contributed by atoms with Crippen LogP contribution in [0.1, 0.15) is 56.6 Å². The maximum Gasteiger partial charge on any atom is 0.336 e. The summed E-state index contributed by atoms with van der Waals surface area (Å²) in [5.41, 5.74) is 4.07. The molecule has 9 heteroatoms. The number of Topliss-reactive ketones (excluding diaryl/α,β-unsaturated/α-hetero) is 1. The van der Waals surface area contributed by atoms with Crippen LogP contribution in [0.2, 0.25) is 0 Å². The van der Waals surface area contributed by atoms with Crippen LogP contribution in [0.3, 0.4) is 0 Å². The van der Waals surface area contributed by atoms with Crippen molar-refractivity contribution in [1.29, 1.82) is 0 Å². The van der Waals surface area contributed by atoms with Crippen LogP contribution in [0.5, 0.6) is 17.2 Å². The maximum absolute atomic E-state index is 14.0. The second-order valence-electron chi connectivity index (χ2n) is 10.1. The molecule has 0 spiro atoms. The van der Waals surface area contributed by atoms with Gasteiger partial charge in [0.05, 0.1) is 45.5 Å². The Labute approximate surface area is 243 Å². The topological polar surface area (TPSA) is 92.3 Å². The second-order valence-corrected chi connectivity index (χ2v) is 11.0. The van der Waals surface area contributed by atoms with E-state index >= 15 is 0 Å². The summed E-state index contributed by atoms with van der Waals surface area (Å²) < 4.78 is 28.6. The largest absolute Gasteiger partial charge is 0.496 e. The third kappa shape index (κ3) is 6.20. The van der Waals surface area contributed by atoms with Gasteiger partial charge in [-0.25, -0.2) is 4.79 Å². The average Bonchev–Trinajstić information content (AvgIpc) is 2.93. The van der Waals surface area contributed by atoms with E-state index < -0.39 is 11.9 Å². The molecule has 0 unspecified atom stereocenters. The zero-order valence-electron chi connectivity index (χ0n) is 23.8. The number of methoxy groups -OCH3 is 3. The molecule has 0 fully saturated rings. The van der Waals surface area contributed by atoms with Crippen molar-refractivity contribution < 1.29 is 33.3 Å². The van der Waals surface area contributed by atoms with Crippen LogP contribution in [0.15, 0.2) is 63.4 Å². The van der Waals surface area contributed by atoms with Gasteiger partial charge in [0.2, 0.25) is 0 Å². The molecule has 0 aromatic heterocycles. The van der Waals surface area contributed by atoms with E-state index in [9.17, 15) is 9.59 Å². The zero-order valence-corrected chi connectivity index (χ0v) is 25.3. The minimum absolute atomic E-state index is 0.0286. The number of nitrogens with one attached hydrogen (secondary N) is 1. The fourth-order valence-electron chi connectivity index (χ4n) is 5.39. The molecule has 0 bridgehead atoms. The Balaban J connectivity index is 1.75. The molecule has 0 saturated heterocycles. The first-order valence-electron chi connectivity index (χ1n) is 13.3. The van der Waals surface area contributed by atoms with Crippen molar-refractivity contribution in [2.24, 2.45) is 0 Å². The number of rotatable bonds is 10. The highest BCUT2D eigenvalue weighted by Crippen LogP contribution is 2.48. The van der Waals surface area contributed by atoms with Gasteiger partial charge in [-0.05, 0) is 69.0 Å². The minimum atomic E-state index is -0.652. The van der Waals surface area contributed by atoms with Crippen molar-refractivity contribution in [2.45, 2.75) is 51.6 Å². The summed E-state index contributed by atoms with van der Waals surface area (Å²) in [5.74, 6) is 0.569. The minimum Gasteiger partial charge on any atom is -0.496 e. The molecule has 4 rings (SSSR count). The molecule has 1 N–H and O–H groups in total. The molecule has 1 heterocycles. The molecule has 8 nitrogen and oxygen atoms in total. The monoisotopic (exact) mass is 613 g/mol. The number of hydrogen-bond donors (Lipinski definition) is 1. The lowest BCUT2D eigenvalue weighted by Gasteiger charge is -2.37. The first-order valence-corrected chi connectivity index (χ1v) is 14.1. The lowest BCUT2D eigenvalue weighted by molar-refractivity contribution is -0.141. The van der Waals surface area contributed by atoms with Gasteiger partial charge in [-0.1, -0.05) is 22.0 Å². The van der Waals surface area contributed by atoms with E-state index in [0.29, 0.717) is 46.1 Å². The Morgan fingerprint density at radius 3 is 2.35 bits per heavy atom. The number of allylic oxidation sites excluding steroid dienone is 3. The number of ketones is 1. The lowest BCUT2D eigenvalue weighted by atomic mass is 9.71. The summed E-state index contributed by atoms with van der Waals surface area (Å²) in [5, 5.41) is 3.39. The van der Waals surface area contributed by atoms with E-state index in [1.807, 2.05) is 57.2 Å². The fourth-order valence-corrected chi connectivity index (χ4v) is 5.77. The van der Waals surface area contributed by atoms with Gasteiger partial charge in [-0.15, -0.1) is 0 Å². The van der Waals surface area contributed by atoms with Crippen LogP contribution < -0.4 is 19.5 Å². The first-order chi connectivity index (χ1) is 19.2. The normalized spacial score (nSPS) is 18.9. The second kappa shape index (κ2) is 12.9. The van der Waals surface area contributed by atoms with Gasteiger partial charge in [0.25, 0.3) is 0 Å². The summed E-state index contributed by atoms with van der Waals surface area (Å²) in [6.45, 7) is 6.08. The summed E-state index contributed by atoms with van der Waals surface area (Å²) in [6.07, 6.45) is 0.901. The molecule has 214 valence electrons. The van der Waals surface area contributed by atoms with E-state index in [1.165, 1.54) is 0 Å². The summed E-state index contributed by atoms with van der Waals surface area (Å²) in [4.78, 5) is 27.5. The number of carbonyl (C=O) groups excluding carboxylic acids is 2. The number of hydrogen-bond acceptors (Lipinski definition) is 8.